The zero-order chi connectivity index (χ0) is 12.7. The second-order valence-corrected chi connectivity index (χ2v) is 3.83. The van der Waals surface area contributed by atoms with Gasteiger partial charge in [0.15, 0.2) is 0 Å². The summed E-state index contributed by atoms with van der Waals surface area (Å²) in [6.07, 6.45) is 0.0185. The summed E-state index contributed by atoms with van der Waals surface area (Å²) in [4.78, 5) is 2.13. The first-order chi connectivity index (χ1) is 8.21. The molecule has 0 aromatic heterocycles. The van der Waals surface area contributed by atoms with Crippen molar-refractivity contribution in [2.45, 2.75) is 20.0 Å². The molecule has 1 aromatic carbocycles. The fraction of sp³-hybridized carbons (Fsp3) is 0.538. The lowest BCUT2D eigenvalue weighted by atomic mass is 10.2. The molecule has 17 heavy (non-hydrogen) atoms. The smallest absolute Gasteiger partial charge is 0.123 e. The fourth-order valence-electron chi connectivity index (χ4n) is 1.75. The van der Waals surface area contributed by atoms with Crippen molar-refractivity contribution >= 4 is 5.69 Å². The first kappa shape index (κ1) is 13.9. The highest BCUT2D eigenvalue weighted by Gasteiger charge is 2.12. The average molecular weight is 240 g/mol. The van der Waals surface area contributed by atoms with Crippen molar-refractivity contribution in [3.8, 4) is 0 Å². The van der Waals surface area contributed by atoms with Gasteiger partial charge in [0, 0.05) is 31.9 Å². The topological polar surface area (TPSA) is 38.5 Å². The molecule has 0 fully saturated rings. The molecule has 0 saturated carbocycles. The van der Waals surface area contributed by atoms with E-state index in [0.717, 1.165) is 18.8 Å². The third-order valence-electron chi connectivity index (χ3n) is 2.66. The number of halogens is 1. The molecule has 1 rings (SSSR count). The van der Waals surface area contributed by atoms with Crippen molar-refractivity contribution in [1.29, 1.82) is 0 Å². The summed E-state index contributed by atoms with van der Waals surface area (Å²) in [5, 5.41) is 0. The van der Waals surface area contributed by atoms with Crippen molar-refractivity contribution in [3.63, 3.8) is 0 Å². The Morgan fingerprint density at radius 2 is 1.94 bits per heavy atom. The molecule has 0 saturated heterocycles. The lowest BCUT2D eigenvalue weighted by Crippen LogP contribution is -2.38. The molecule has 96 valence electrons. The molecule has 2 N–H and O–H groups in total. The minimum Gasteiger partial charge on any atom is -0.375 e. The predicted octanol–water partition coefficient (Wildman–Crippen LogP) is 2.02. The lowest BCUT2D eigenvalue weighted by Gasteiger charge is -2.27. The van der Waals surface area contributed by atoms with E-state index in [1.165, 1.54) is 12.1 Å². The van der Waals surface area contributed by atoms with Crippen LogP contribution in [0.25, 0.3) is 0 Å². The molecular formula is C13H21FN2O. The maximum Gasteiger partial charge on any atom is 0.123 e. The number of nitrogens with zero attached hydrogens (tertiary/aromatic N) is 1. The van der Waals surface area contributed by atoms with E-state index in [1.807, 2.05) is 6.92 Å². The molecule has 1 atom stereocenters. The molecule has 3 nitrogen and oxygen atoms in total. The third kappa shape index (κ3) is 4.32. The minimum absolute atomic E-state index is 0.0185. The van der Waals surface area contributed by atoms with E-state index in [1.54, 1.807) is 12.1 Å². The highest BCUT2D eigenvalue weighted by atomic mass is 19.1. The SMILES string of the molecule is CCOC(CN)CN(CC)c1ccc(F)cc1. The highest BCUT2D eigenvalue weighted by Crippen LogP contribution is 2.15. The summed E-state index contributed by atoms with van der Waals surface area (Å²) in [6.45, 7) is 6.73. The Labute approximate surface area is 102 Å². The van der Waals surface area contributed by atoms with E-state index in [0.29, 0.717) is 13.2 Å². The Kier molecular flexibility index (Phi) is 5.94. The number of benzene rings is 1. The Hall–Kier alpha value is -1.13. The zero-order valence-electron chi connectivity index (χ0n) is 10.5. The summed E-state index contributed by atoms with van der Waals surface area (Å²) in [5.41, 5.74) is 6.65. The molecule has 0 aliphatic rings. The normalized spacial score (nSPS) is 12.5. The Morgan fingerprint density at radius 3 is 2.41 bits per heavy atom. The van der Waals surface area contributed by atoms with Crippen LogP contribution in [0, 0.1) is 5.82 Å². The first-order valence-electron chi connectivity index (χ1n) is 6.03. The molecule has 0 bridgehead atoms. The molecule has 1 aromatic rings. The molecule has 0 radical (unpaired) electrons. The second-order valence-electron chi connectivity index (χ2n) is 3.83. The average Bonchev–Trinajstić information content (AvgIpc) is 2.36. The highest BCUT2D eigenvalue weighted by molar-refractivity contribution is 5.46. The number of rotatable bonds is 7. The summed E-state index contributed by atoms with van der Waals surface area (Å²) in [6, 6.07) is 6.49. The number of likely N-dealkylation sites (N-methyl/N-ethyl adjacent to an activating group) is 1. The maximum absolute atomic E-state index is 12.8. The van der Waals surface area contributed by atoms with E-state index in [9.17, 15) is 4.39 Å². The van der Waals surface area contributed by atoms with Crippen molar-refractivity contribution in [3.05, 3.63) is 30.1 Å². The lowest BCUT2D eigenvalue weighted by molar-refractivity contribution is 0.0738. The third-order valence-corrected chi connectivity index (χ3v) is 2.66. The van der Waals surface area contributed by atoms with Gasteiger partial charge in [0.25, 0.3) is 0 Å². The van der Waals surface area contributed by atoms with Crippen LogP contribution < -0.4 is 10.6 Å². The van der Waals surface area contributed by atoms with Gasteiger partial charge < -0.3 is 15.4 Å². The largest absolute Gasteiger partial charge is 0.375 e. The van der Waals surface area contributed by atoms with Gasteiger partial charge in [-0.25, -0.2) is 4.39 Å². The summed E-state index contributed by atoms with van der Waals surface area (Å²) < 4.78 is 18.4. The fourth-order valence-corrected chi connectivity index (χ4v) is 1.75. The van der Waals surface area contributed by atoms with E-state index >= 15 is 0 Å². The quantitative estimate of drug-likeness (QED) is 0.792. The van der Waals surface area contributed by atoms with E-state index in [2.05, 4.69) is 11.8 Å². The number of ether oxygens (including phenoxy) is 1. The van der Waals surface area contributed by atoms with Crippen molar-refractivity contribution in [2.24, 2.45) is 5.73 Å². The maximum atomic E-state index is 12.8. The van der Waals surface area contributed by atoms with Crippen LogP contribution in [0.1, 0.15) is 13.8 Å². The van der Waals surface area contributed by atoms with Crippen molar-refractivity contribution in [1.82, 2.24) is 0 Å². The van der Waals surface area contributed by atoms with Crippen LogP contribution in [0.5, 0.6) is 0 Å². The molecule has 1 unspecified atom stereocenters. The summed E-state index contributed by atoms with van der Waals surface area (Å²) in [5.74, 6) is -0.218. The molecule has 0 spiro atoms. The number of hydrogen-bond donors (Lipinski definition) is 1. The van der Waals surface area contributed by atoms with Gasteiger partial charge in [0.1, 0.15) is 5.82 Å². The summed E-state index contributed by atoms with van der Waals surface area (Å²) >= 11 is 0. The molecular weight excluding hydrogens is 219 g/mol. The van der Waals surface area contributed by atoms with Gasteiger partial charge in [-0.1, -0.05) is 0 Å². The predicted molar refractivity (Wildman–Crippen MR) is 68.8 cm³/mol. The van der Waals surface area contributed by atoms with E-state index < -0.39 is 0 Å². The molecule has 0 aliphatic carbocycles. The zero-order valence-corrected chi connectivity index (χ0v) is 10.5. The second kappa shape index (κ2) is 7.25. The van der Waals surface area contributed by atoms with Crippen LogP contribution in [-0.2, 0) is 4.74 Å². The van der Waals surface area contributed by atoms with Gasteiger partial charge in [-0.2, -0.15) is 0 Å². The number of hydrogen-bond acceptors (Lipinski definition) is 3. The molecule has 4 heteroatoms. The van der Waals surface area contributed by atoms with Crippen LogP contribution >= 0.6 is 0 Å². The van der Waals surface area contributed by atoms with Gasteiger partial charge in [-0.05, 0) is 38.1 Å². The Balaban J connectivity index is 2.67. The molecule has 0 heterocycles. The van der Waals surface area contributed by atoms with Crippen LogP contribution in [0.3, 0.4) is 0 Å². The van der Waals surface area contributed by atoms with Crippen LogP contribution in [0.2, 0.25) is 0 Å². The number of anilines is 1. The van der Waals surface area contributed by atoms with Gasteiger partial charge in [-0.15, -0.1) is 0 Å². The standard InChI is InChI=1S/C13H21FN2O/c1-3-16(10-13(9-15)17-4-2)12-7-5-11(14)6-8-12/h5-8,13H,3-4,9-10,15H2,1-2H3. The van der Waals surface area contributed by atoms with Crippen molar-refractivity contribution < 1.29 is 9.13 Å². The Morgan fingerprint density at radius 1 is 1.29 bits per heavy atom. The Bertz CT molecular complexity index is 316. The van der Waals surface area contributed by atoms with Crippen LogP contribution in [0.4, 0.5) is 10.1 Å². The monoisotopic (exact) mass is 240 g/mol. The van der Waals surface area contributed by atoms with Gasteiger partial charge in [-0.3, -0.25) is 0 Å². The minimum atomic E-state index is -0.218. The van der Waals surface area contributed by atoms with Crippen molar-refractivity contribution in [2.75, 3.05) is 31.1 Å². The van der Waals surface area contributed by atoms with Crippen LogP contribution in [-0.4, -0.2) is 32.3 Å². The summed E-state index contributed by atoms with van der Waals surface area (Å²) in [7, 11) is 0. The first-order valence-corrected chi connectivity index (χ1v) is 6.03. The van der Waals surface area contributed by atoms with E-state index in [-0.39, 0.29) is 11.9 Å². The number of nitrogens with two attached hydrogens (primary N) is 1. The van der Waals surface area contributed by atoms with Gasteiger partial charge in [0.2, 0.25) is 0 Å². The van der Waals surface area contributed by atoms with Gasteiger partial charge in [0.05, 0.1) is 6.10 Å². The van der Waals surface area contributed by atoms with Gasteiger partial charge >= 0.3 is 0 Å². The molecule has 0 amide bonds. The molecule has 0 aliphatic heterocycles. The van der Waals surface area contributed by atoms with E-state index in [4.69, 9.17) is 10.5 Å². The van der Waals surface area contributed by atoms with Crippen LogP contribution in [0.15, 0.2) is 24.3 Å².